The van der Waals surface area contributed by atoms with E-state index in [1.165, 1.54) is 16.2 Å². The lowest BCUT2D eigenvalue weighted by molar-refractivity contribution is 0.0749. The first-order chi connectivity index (χ1) is 10.8. The molecule has 0 radical (unpaired) electrons. The maximum Gasteiger partial charge on any atom is 0.273 e. The lowest BCUT2D eigenvalue weighted by Gasteiger charge is -2.18. The standard InChI is InChI=1S/C17H16N2OS2/c1-2-19(11-14-9-6-10-21-14)17(20)15-12-22-16(18-15)13-7-4-3-5-8-13/h3-10,12H,2,11H2,1H3. The molecule has 0 aliphatic rings. The van der Waals surface area contributed by atoms with E-state index in [2.05, 4.69) is 11.1 Å². The van der Waals surface area contributed by atoms with Crippen LogP contribution in [0.25, 0.3) is 10.6 Å². The Bertz CT molecular complexity index is 735. The Morgan fingerprint density at radius 2 is 1.95 bits per heavy atom. The summed E-state index contributed by atoms with van der Waals surface area (Å²) in [7, 11) is 0. The Morgan fingerprint density at radius 1 is 1.14 bits per heavy atom. The second kappa shape index (κ2) is 6.85. The Balaban J connectivity index is 1.78. The smallest absolute Gasteiger partial charge is 0.273 e. The first kappa shape index (κ1) is 14.9. The molecule has 0 saturated heterocycles. The summed E-state index contributed by atoms with van der Waals surface area (Å²) >= 11 is 3.18. The van der Waals surface area contributed by atoms with E-state index in [0.717, 1.165) is 10.6 Å². The molecule has 0 saturated carbocycles. The van der Waals surface area contributed by atoms with E-state index >= 15 is 0 Å². The molecule has 5 heteroatoms. The molecule has 0 spiro atoms. The molecule has 3 nitrogen and oxygen atoms in total. The fourth-order valence-corrected chi connectivity index (χ4v) is 3.68. The van der Waals surface area contributed by atoms with Gasteiger partial charge in [0.05, 0.1) is 6.54 Å². The van der Waals surface area contributed by atoms with Gasteiger partial charge in [-0.1, -0.05) is 36.4 Å². The van der Waals surface area contributed by atoms with Gasteiger partial charge in [-0.2, -0.15) is 0 Å². The van der Waals surface area contributed by atoms with Gasteiger partial charge in [0.2, 0.25) is 0 Å². The predicted molar refractivity (Wildman–Crippen MR) is 92.3 cm³/mol. The second-order valence-corrected chi connectivity index (χ2v) is 6.69. The van der Waals surface area contributed by atoms with Crippen LogP contribution < -0.4 is 0 Å². The summed E-state index contributed by atoms with van der Waals surface area (Å²) in [6.45, 7) is 3.32. The zero-order valence-electron chi connectivity index (χ0n) is 12.2. The highest BCUT2D eigenvalue weighted by Crippen LogP contribution is 2.24. The minimum absolute atomic E-state index is 0.00525. The van der Waals surface area contributed by atoms with Crippen LogP contribution in [0.4, 0.5) is 0 Å². The van der Waals surface area contributed by atoms with Crippen molar-refractivity contribution in [2.24, 2.45) is 0 Å². The van der Waals surface area contributed by atoms with Crippen LogP contribution in [-0.2, 0) is 6.54 Å². The van der Waals surface area contributed by atoms with Crippen molar-refractivity contribution in [3.63, 3.8) is 0 Å². The number of carbonyl (C=O) groups is 1. The van der Waals surface area contributed by atoms with Crippen molar-refractivity contribution < 1.29 is 4.79 Å². The zero-order valence-corrected chi connectivity index (χ0v) is 13.9. The van der Waals surface area contributed by atoms with Gasteiger partial charge >= 0.3 is 0 Å². The maximum atomic E-state index is 12.6. The molecule has 112 valence electrons. The van der Waals surface area contributed by atoms with Gasteiger partial charge in [-0.05, 0) is 18.4 Å². The third kappa shape index (κ3) is 3.26. The van der Waals surface area contributed by atoms with Gasteiger partial charge in [0, 0.05) is 22.4 Å². The molecule has 0 fully saturated rings. The van der Waals surface area contributed by atoms with E-state index in [0.29, 0.717) is 18.8 Å². The number of nitrogens with zero attached hydrogens (tertiary/aromatic N) is 2. The van der Waals surface area contributed by atoms with Crippen LogP contribution in [0.2, 0.25) is 0 Å². The lowest BCUT2D eigenvalue weighted by atomic mass is 10.2. The Morgan fingerprint density at radius 3 is 2.64 bits per heavy atom. The van der Waals surface area contributed by atoms with E-state index in [1.807, 2.05) is 59.0 Å². The monoisotopic (exact) mass is 328 g/mol. The maximum absolute atomic E-state index is 12.6. The van der Waals surface area contributed by atoms with Crippen molar-refractivity contribution in [3.05, 3.63) is 63.8 Å². The molecule has 0 aliphatic carbocycles. The molecule has 0 N–H and O–H groups in total. The fraction of sp³-hybridized carbons (Fsp3) is 0.176. The quantitative estimate of drug-likeness (QED) is 0.689. The molecule has 0 unspecified atom stereocenters. The van der Waals surface area contributed by atoms with Crippen LogP contribution in [0, 0.1) is 0 Å². The van der Waals surface area contributed by atoms with E-state index in [-0.39, 0.29) is 5.91 Å². The van der Waals surface area contributed by atoms with E-state index in [9.17, 15) is 4.79 Å². The number of thiazole rings is 1. The molecular formula is C17H16N2OS2. The Hall–Kier alpha value is -1.98. The van der Waals surface area contributed by atoms with Gasteiger partial charge in [0.15, 0.2) is 0 Å². The van der Waals surface area contributed by atoms with E-state index < -0.39 is 0 Å². The van der Waals surface area contributed by atoms with E-state index in [1.54, 1.807) is 11.3 Å². The fourth-order valence-electron chi connectivity index (χ4n) is 2.17. The number of amides is 1. The molecule has 22 heavy (non-hydrogen) atoms. The lowest BCUT2D eigenvalue weighted by Crippen LogP contribution is -2.30. The van der Waals surface area contributed by atoms with Gasteiger partial charge in [-0.25, -0.2) is 4.98 Å². The number of carbonyl (C=O) groups excluding carboxylic acids is 1. The van der Waals surface area contributed by atoms with Crippen LogP contribution in [0.5, 0.6) is 0 Å². The largest absolute Gasteiger partial charge is 0.332 e. The Labute approximate surface area is 137 Å². The van der Waals surface area contributed by atoms with Crippen molar-refractivity contribution in [2.45, 2.75) is 13.5 Å². The molecule has 0 aliphatic heterocycles. The number of aromatic nitrogens is 1. The number of rotatable bonds is 5. The van der Waals surface area contributed by atoms with Crippen molar-refractivity contribution in [1.29, 1.82) is 0 Å². The van der Waals surface area contributed by atoms with Crippen LogP contribution in [0.15, 0.2) is 53.2 Å². The molecule has 2 heterocycles. The number of hydrogen-bond acceptors (Lipinski definition) is 4. The highest BCUT2D eigenvalue weighted by molar-refractivity contribution is 7.13. The van der Waals surface area contributed by atoms with Crippen molar-refractivity contribution >= 4 is 28.6 Å². The Kier molecular flexibility index (Phi) is 4.65. The predicted octanol–water partition coefficient (Wildman–Crippen LogP) is 4.53. The molecule has 2 aromatic heterocycles. The molecule has 0 atom stereocenters. The first-order valence-electron chi connectivity index (χ1n) is 7.10. The molecule has 1 aromatic carbocycles. The SMILES string of the molecule is CCN(Cc1cccs1)C(=O)c1csc(-c2ccccc2)n1. The summed E-state index contributed by atoms with van der Waals surface area (Å²) in [5.41, 5.74) is 1.58. The summed E-state index contributed by atoms with van der Waals surface area (Å²) in [6.07, 6.45) is 0. The van der Waals surface area contributed by atoms with Gasteiger partial charge < -0.3 is 4.90 Å². The highest BCUT2D eigenvalue weighted by atomic mass is 32.1. The molecule has 1 amide bonds. The molecule has 3 rings (SSSR count). The van der Waals surface area contributed by atoms with Crippen molar-refractivity contribution in [2.75, 3.05) is 6.54 Å². The first-order valence-corrected chi connectivity index (χ1v) is 8.86. The third-order valence-corrected chi connectivity index (χ3v) is 5.09. The minimum atomic E-state index is -0.00525. The summed E-state index contributed by atoms with van der Waals surface area (Å²) < 4.78 is 0. The third-order valence-electron chi connectivity index (χ3n) is 3.34. The molecule has 0 bridgehead atoms. The summed E-state index contributed by atoms with van der Waals surface area (Å²) in [4.78, 5) is 20.1. The summed E-state index contributed by atoms with van der Waals surface area (Å²) in [5.74, 6) is -0.00525. The minimum Gasteiger partial charge on any atom is -0.332 e. The molecular weight excluding hydrogens is 312 g/mol. The van der Waals surface area contributed by atoms with Crippen LogP contribution in [0.3, 0.4) is 0 Å². The summed E-state index contributed by atoms with van der Waals surface area (Å²) in [5, 5.41) is 4.77. The normalized spacial score (nSPS) is 10.6. The molecule has 3 aromatic rings. The van der Waals surface area contributed by atoms with Crippen LogP contribution in [-0.4, -0.2) is 22.3 Å². The highest BCUT2D eigenvalue weighted by Gasteiger charge is 2.18. The van der Waals surface area contributed by atoms with Crippen LogP contribution in [0.1, 0.15) is 22.3 Å². The topological polar surface area (TPSA) is 33.2 Å². The van der Waals surface area contributed by atoms with E-state index in [4.69, 9.17) is 0 Å². The number of thiophene rings is 1. The average molecular weight is 328 g/mol. The second-order valence-electron chi connectivity index (χ2n) is 4.80. The van der Waals surface area contributed by atoms with Crippen molar-refractivity contribution in [3.8, 4) is 10.6 Å². The van der Waals surface area contributed by atoms with Gasteiger partial charge in [-0.3, -0.25) is 4.79 Å². The number of hydrogen-bond donors (Lipinski definition) is 0. The summed E-state index contributed by atoms with van der Waals surface area (Å²) in [6, 6.07) is 14.0. The van der Waals surface area contributed by atoms with Crippen molar-refractivity contribution in [1.82, 2.24) is 9.88 Å². The zero-order chi connectivity index (χ0) is 15.4. The van der Waals surface area contributed by atoms with Gasteiger partial charge in [0.1, 0.15) is 10.7 Å². The van der Waals surface area contributed by atoms with Gasteiger partial charge in [-0.15, -0.1) is 22.7 Å². The number of benzene rings is 1. The van der Waals surface area contributed by atoms with Gasteiger partial charge in [0.25, 0.3) is 5.91 Å². The average Bonchev–Trinajstić information content (AvgIpc) is 3.24. The van der Waals surface area contributed by atoms with Crippen LogP contribution >= 0.6 is 22.7 Å².